The number of aryl methyl sites for hydroxylation is 1. The maximum Gasteiger partial charge on any atom is 0.261 e. The lowest BCUT2D eigenvalue weighted by Crippen LogP contribution is -2.33. The van der Waals surface area contributed by atoms with Gasteiger partial charge in [-0.1, -0.05) is 0 Å². The highest BCUT2D eigenvalue weighted by atomic mass is 35.5. The number of rotatable bonds is 9. The van der Waals surface area contributed by atoms with Crippen LogP contribution in [0.3, 0.4) is 0 Å². The molecule has 0 aliphatic carbocycles. The van der Waals surface area contributed by atoms with Gasteiger partial charge in [0.2, 0.25) is 0 Å². The molecule has 2 rings (SSSR count). The number of thiazole rings is 1. The van der Waals surface area contributed by atoms with E-state index < -0.39 is 13.0 Å². The summed E-state index contributed by atoms with van der Waals surface area (Å²) in [4.78, 5) is 7.81. The number of hydrogen-bond acceptors (Lipinski definition) is 5. The first-order chi connectivity index (χ1) is 10.1. The maximum absolute atomic E-state index is 12.1. The summed E-state index contributed by atoms with van der Waals surface area (Å²) in [5.74, 6) is 0.633. The minimum atomic E-state index is -2.39. The average molecular weight is 356 g/mol. The predicted molar refractivity (Wildman–Crippen MR) is 87.2 cm³/mol. The van der Waals surface area contributed by atoms with Crippen LogP contribution in [0.2, 0.25) is 0 Å². The molecule has 1 aliphatic heterocycles. The molecule has 1 aliphatic rings. The predicted octanol–water partition coefficient (Wildman–Crippen LogP) is 2.57. The maximum atomic E-state index is 12.1. The molecular formula is C14H24ClF2N3OS. The van der Waals surface area contributed by atoms with Crippen molar-refractivity contribution < 1.29 is 13.5 Å². The lowest BCUT2D eigenvalue weighted by Gasteiger charge is -2.24. The van der Waals surface area contributed by atoms with Crippen LogP contribution in [0.15, 0.2) is 5.51 Å². The molecule has 0 radical (unpaired) electrons. The van der Waals surface area contributed by atoms with Gasteiger partial charge in [-0.2, -0.15) is 0 Å². The normalized spacial score (nSPS) is 18.1. The number of halogens is 3. The van der Waals surface area contributed by atoms with Crippen molar-refractivity contribution in [1.29, 1.82) is 0 Å². The van der Waals surface area contributed by atoms with Gasteiger partial charge >= 0.3 is 0 Å². The molecule has 1 N–H and O–H groups in total. The molecule has 0 aromatic carbocycles. The second-order valence-electron chi connectivity index (χ2n) is 5.42. The first-order valence-corrected chi connectivity index (χ1v) is 8.21. The Balaban J connectivity index is 0.00000242. The van der Waals surface area contributed by atoms with Gasteiger partial charge < -0.3 is 10.1 Å². The Bertz CT molecular complexity index is 417. The zero-order valence-electron chi connectivity index (χ0n) is 12.8. The van der Waals surface area contributed by atoms with E-state index in [0.29, 0.717) is 19.1 Å². The molecule has 1 fully saturated rings. The number of ether oxygens (including phenoxy) is 1. The van der Waals surface area contributed by atoms with Gasteiger partial charge in [0, 0.05) is 24.5 Å². The van der Waals surface area contributed by atoms with Crippen LogP contribution in [0, 0.1) is 12.8 Å². The van der Waals surface area contributed by atoms with Crippen molar-refractivity contribution in [3.8, 4) is 0 Å². The van der Waals surface area contributed by atoms with Crippen molar-refractivity contribution in [1.82, 2.24) is 15.2 Å². The Morgan fingerprint density at radius 1 is 1.55 bits per heavy atom. The summed E-state index contributed by atoms with van der Waals surface area (Å²) < 4.78 is 29.2. The van der Waals surface area contributed by atoms with Crippen molar-refractivity contribution in [2.45, 2.75) is 26.3 Å². The Hall–Kier alpha value is -0.340. The van der Waals surface area contributed by atoms with Crippen LogP contribution in [0.5, 0.6) is 0 Å². The van der Waals surface area contributed by atoms with Gasteiger partial charge in [0.25, 0.3) is 6.43 Å². The van der Waals surface area contributed by atoms with Crippen LogP contribution in [-0.4, -0.2) is 55.7 Å². The molecule has 0 amide bonds. The summed E-state index contributed by atoms with van der Waals surface area (Å²) >= 11 is 1.65. The fourth-order valence-electron chi connectivity index (χ4n) is 2.52. The number of aromatic nitrogens is 1. The second kappa shape index (κ2) is 10.4. The van der Waals surface area contributed by atoms with Gasteiger partial charge in [0.1, 0.15) is 6.61 Å². The Morgan fingerprint density at radius 3 is 2.95 bits per heavy atom. The molecule has 8 heteroatoms. The lowest BCUT2D eigenvalue weighted by atomic mass is 10.1. The summed E-state index contributed by atoms with van der Waals surface area (Å²) in [6.45, 7) is 6.47. The van der Waals surface area contributed by atoms with Crippen molar-refractivity contribution in [2.75, 3.05) is 39.4 Å². The average Bonchev–Trinajstić information content (AvgIpc) is 3.07. The highest BCUT2D eigenvalue weighted by Crippen LogP contribution is 2.17. The van der Waals surface area contributed by atoms with Crippen LogP contribution in [0.1, 0.15) is 17.0 Å². The first-order valence-electron chi connectivity index (χ1n) is 7.33. The van der Waals surface area contributed by atoms with Gasteiger partial charge in [0.15, 0.2) is 0 Å². The van der Waals surface area contributed by atoms with Crippen molar-refractivity contribution in [3.63, 3.8) is 0 Å². The van der Waals surface area contributed by atoms with Crippen LogP contribution in [0.4, 0.5) is 8.78 Å². The third kappa shape index (κ3) is 6.83. The third-order valence-electron chi connectivity index (χ3n) is 3.69. The monoisotopic (exact) mass is 355 g/mol. The molecule has 1 atom stereocenters. The molecule has 0 bridgehead atoms. The van der Waals surface area contributed by atoms with Crippen LogP contribution in [-0.2, 0) is 11.3 Å². The summed E-state index contributed by atoms with van der Waals surface area (Å²) in [5, 5.41) is 3.36. The number of hydrogen-bond donors (Lipinski definition) is 1. The topological polar surface area (TPSA) is 37.4 Å². The van der Waals surface area contributed by atoms with E-state index in [0.717, 1.165) is 31.9 Å². The number of nitrogens with one attached hydrogen (secondary N) is 1. The van der Waals surface area contributed by atoms with E-state index in [2.05, 4.69) is 15.2 Å². The van der Waals surface area contributed by atoms with Gasteiger partial charge in [-0.05, 0) is 32.4 Å². The van der Waals surface area contributed by atoms with E-state index in [1.165, 1.54) is 11.3 Å². The standard InChI is InChI=1S/C14H23F2N3OS.ClH/c1-11-13(21-10-18-11)8-19(4-5-20-9-14(15)16)7-12-2-3-17-6-12;/h10,12,14,17H,2-9H2,1H3;1H. The van der Waals surface area contributed by atoms with Gasteiger partial charge in [-0.25, -0.2) is 13.8 Å². The molecule has 4 nitrogen and oxygen atoms in total. The first kappa shape index (κ1) is 19.7. The summed E-state index contributed by atoms with van der Waals surface area (Å²) in [5.41, 5.74) is 2.91. The third-order valence-corrected chi connectivity index (χ3v) is 4.61. The fourth-order valence-corrected chi connectivity index (χ4v) is 3.34. The Morgan fingerprint density at radius 2 is 2.36 bits per heavy atom. The summed E-state index contributed by atoms with van der Waals surface area (Å²) in [6.07, 6.45) is -1.21. The summed E-state index contributed by atoms with van der Waals surface area (Å²) in [7, 11) is 0. The van der Waals surface area contributed by atoms with E-state index in [-0.39, 0.29) is 12.4 Å². The molecule has 22 heavy (non-hydrogen) atoms. The molecular weight excluding hydrogens is 332 g/mol. The molecule has 128 valence electrons. The molecule has 0 saturated carbocycles. The van der Waals surface area contributed by atoms with E-state index in [9.17, 15) is 8.78 Å². The zero-order chi connectivity index (χ0) is 15.1. The van der Waals surface area contributed by atoms with Crippen LogP contribution in [0.25, 0.3) is 0 Å². The van der Waals surface area contributed by atoms with Crippen molar-refractivity contribution in [3.05, 3.63) is 16.1 Å². The SMILES string of the molecule is Cc1ncsc1CN(CCOCC(F)F)CC1CCNC1.Cl. The van der Waals surface area contributed by atoms with E-state index in [1.807, 2.05) is 12.4 Å². The number of alkyl halides is 2. The van der Waals surface area contributed by atoms with Gasteiger partial charge in [-0.15, -0.1) is 23.7 Å². The van der Waals surface area contributed by atoms with Crippen molar-refractivity contribution in [2.24, 2.45) is 5.92 Å². The Kier molecular flexibility index (Phi) is 9.35. The molecule has 1 unspecified atom stereocenters. The smallest absolute Gasteiger partial charge is 0.261 e. The molecule has 2 heterocycles. The van der Waals surface area contributed by atoms with Crippen molar-refractivity contribution >= 4 is 23.7 Å². The highest BCUT2D eigenvalue weighted by Gasteiger charge is 2.19. The number of nitrogens with zero attached hydrogens (tertiary/aromatic N) is 2. The lowest BCUT2D eigenvalue weighted by molar-refractivity contribution is 0.00807. The largest absolute Gasteiger partial charge is 0.374 e. The zero-order valence-corrected chi connectivity index (χ0v) is 14.4. The minimum Gasteiger partial charge on any atom is -0.374 e. The molecule has 1 saturated heterocycles. The molecule has 1 aromatic rings. The Labute approximate surface area is 140 Å². The van der Waals surface area contributed by atoms with E-state index in [1.54, 1.807) is 11.3 Å². The van der Waals surface area contributed by atoms with Gasteiger partial charge in [0.05, 0.1) is 17.8 Å². The molecule has 0 spiro atoms. The van der Waals surface area contributed by atoms with Gasteiger partial charge in [-0.3, -0.25) is 4.90 Å². The van der Waals surface area contributed by atoms with E-state index in [4.69, 9.17) is 4.74 Å². The fraction of sp³-hybridized carbons (Fsp3) is 0.786. The summed E-state index contributed by atoms with van der Waals surface area (Å²) in [6, 6.07) is 0. The highest BCUT2D eigenvalue weighted by molar-refractivity contribution is 7.09. The van der Waals surface area contributed by atoms with Crippen LogP contribution < -0.4 is 5.32 Å². The van der Waals surface area contributed by atoms with Crippen LogP contribution >= 0.6 is 23.7 Å². The quantitative estimate of drug-likeness (QED) is 0.691. The minimum absolute atomic E-state index is 0. The van der Waals surface area contributed by atoms with E-state index >= 15 is 0 Å². The molecule has 1 aromatic heterocycles. The second-order valence-corrected chi connectivity index (χ2v) is 6.36.